The van der Waals surface area contributed by atoms with E-state index in [9.17, 15) is 9.18 Å². The number of carboxylic acids is 1. The molecule has 1 saturated carbocycles. The maximum atomic E-state index is 13.9. The molecular weight excluding hydrogens is 263 g/mol. The molecule has 4 heteroatoms. The van der Waals surface area contributed by atoms with Crippen molar-refractivity contribution in [3.8, 4) is 0 Å². The highest BCUT2D eigenvalue weighted by atomic mass is 79.9. The molecule has 2 nitrogen and oxygen atoms in total. The molecule has 1 aromatic rings. The summed E-state index contributed by atoms with van der Waals surface area (Å²) in [5.41, 5.74) is -0.175. The average Bonchev–Trinajstić information content (AvgIpc) is 2.95. The van der Waals surface area contributed by atoms with Gasteiger partial charge in [0.25, 0.3) is 0 Å². The lowest BCUT2D eigenvalue weighted by molar-refractivity contribution is -0.140. The van der Waals surface area contributed by atoms with Crippen LogP contribution in [-0.2, 0) is 10.2 Å². The van der Waals surface area contributed by atoms with E-state index < -0.39 is 17.2 Å². The van der Waals surface area contributed by atoms with Gasteiger partial charge in [0, 0.05) is 10.0 Å². The van der Waals surface area contributed by atoms with E-state index in [-0.39, 0.29) is 0 Å². The maximum Gasteiger partial charge on any atom is 0.314 e. The highest BCUT2D eigenvalue weighted by Crippen LogP contribution is 2.50. The van der Waals surface area contributed by atoms with Gasteiger partial charge in [0.05, 0.1) is 5.41 Å². The Morgan fingerprint density at radius 2 is 2.13 bits per heavy atom. The molecule has 0 aliphatic heterocycles. The first-order valence-electron chi connectivity index (χ1n) is 4.67. The molecule has 0 radical (unpaired) electrons. The van der Waals surface area contributed by atoms with Gasteiger partial charge in [-0.15, -0.1) is 0 Å². The molecule has 0 bridgehead atoms. The molecule has 15 heavy (non-hydrogen) atoms. The first-order chi connectivity index (χ1) is 6.99. The lowest BCUT2D eigenvalue weighted by Crippen LogP contribution is -2.21. The van der Waals surface area contributed by atoms with E-state index in [0.29, 0.717) is 28.4 Å². The summed E-state index contributed by atoms with van der Waals surface area (Å²) in [6.45, 7) is 1.64. The van der Waals surface area contributed by atoms with Crippen LogP contribution in [0.4, 0.5) is 4.39 Å². The van der Waals surface area contributed by atoms with Crippen molar-refractivity contribution in [3.63, 3.8) is 0 Å². The Morgan fingerprint density at radius 3 is 2.60 bits per heavy atom. The maximum absolute atomic E-state index is 13.9. The van der Waals surface area contributed by atoms with Gasteiger partial charge in [-0.3, -0.25) is 4.79 Å². The summed E-state index contributed by atoms with van der Waals surface area (Å²) in [6.07, 6.45) is 1.06. The van der Waals surface area contributed by atoms with Gasteiger partial charge in [-0.1, -0.05) is 22.0 Å². The van der Waals surface area contributed by atoms with Gasteiger partial charge in [-0.25, -0.2) is 4.39 Å². The van der Waals surface area contributed by atoms with Crippen molar-refractivity contribution < 1.29 is 14.3 Å². The molecule has 0 amide bonds. The van der Waals surface area contributed by atoms with Gasteiger partial charge < -0.3 is 5.11 Å². The Labute approximate surface area is 95.2 Å². The summed E-state index contributed by atoms with van der Waals surface area (Å²) in [5, 5.41) is 9.06. The molecule has 0 spiro atoms. The molecular formula is C11H10BrFO2. The van der Waals surface area contributed by atoms with E-state index in [4.69, 9.17) is 5.11 Å². The fourth-order valence-electron chi connectivity index (χ4n) is 1.75. The summed E-state index contributed by atoms with van der Waals surface area (Å²) in [7, 11) is 0. The molecule has 0 saturated heterocycles. The molecule has 1 fully saturated rings. The van der Waals surface area contributed by atoms with Crippen LogP contribution >= 0.6 is 15.9 Å². The summed E-state index contributed by atoms with van der Waals surface area (Å²) in [4.78, 5) is 11.1. The number of halogens is 2. The minimum atomic E-state index is -0.963. The van der Waals surface area contributed by atoms with Gasteiger partial charge in [-0.2, -0.15) is 0 Å². The van der Waals surface area contributed by atoms with E-state index in [1.165, 1.54) is 0 Å². The summed E-state index contributed by atoms with van der Waals surface area (Å²) in [5.74, 6) is -1.33. The Bertz CT molecular complexity index is 438. The molecule has 80 valence electrons. The summed E-state index contributed by atoms with van der Waals surface area (Å²) >= 11 is 3.22. The molecule has 1 aliphatic rings. The van der Waals surface area contributed by atoms with Crippen molar-refractivity contribution in [2.75, 3.05) is 0 Å². The number of hydrogen-bond donors (Lipinski definition) is 1. The standard InChI is InChI=1S/C11H10BrFO2/c1-6-8(12)3-2-7(9(6)13)11(4-5-11)10(14)15/h2-3H,4-5H2,1H3,(H,14,15). The van der Waals surface area contributed by atoms with Crippen molar-refractivity contribution in [3.05, 3.63) is 33.5 Å². The van der Waals surface area contributed by atoms with E-state index in [2.05, 4.69) is 15.9 Å². The van der Waals surface area contributed by atoms with E-state index in [1.54, 1.807) is 19.1 Å². The SMILES string of the molecule is Cc1c(Br)ccc(C2(C(=O)O)CC2)c1F. The van der Waals surface area contributed by atoms with Crippen LogP contribution in [0.2, 0.25) is 0 Å². The molecule has 1 aromatic carbocycles. The van der Waals surface area contributed by atoms with Crippen LogP contribution in [0.3, 0.4) is 0 Å². The normalized spacial score (nSPS) is 17.5. The summed E-state index contributed by atoms with van der Waals surface area (Å²) in [6, 6.07) is 3.27. The molecule has 2 rings (SSSR count). The third-order valence-electron chi connectivity index (χ3n) is 3.00. The van der Waals surface area contributed by atoms with Crippen LogP contribution in [0.5, 0.6) is 0 Å². The molecule has 1 N–H and O–H groups in total. The summed E-state index contributed by atoms with van der Waals surface area (Å²) < 4.78 is 14.5. The van der Waals surface area contributed by atoms with Crippen molar-refractivity contribution >= 4 is 21.9 Å². The number of carboxylic acid groups (broad SMARTS) is 1. The fourth-order valence-corrected chi connectivity index (χ4v) is 2.06. The zero-order valence-corrected chi connectivity index (χ0v) is 9.77. The second-order valence-corrected chi connectivity index (χ2v) is 4.78. The Hall–Kier alpha value is -0.900. The lowest BCUT2D eigenvalue weighted by atomic mass is 9.94. The monoisotopic (exact) mass is 272 g/mol. The molecule has 0 unspecified atom stereocenters. The van der Waals surface area contributed by atoms with Crippen molar-refractivity contribution in [1.29, 1.82) is 0 Å². The zero-order chi connectivity index (χ0) is 11.2. The predicted octanol–water partition coefficient (Wildman–Crippen LogP) is 3.01. The third-order valence-corrected chi connectivity index (χ3v) is 3.85. The lowest BCUT2D eigenvalue weighted by Gasteiger charge is -2.13. The van der Waals surface area contributed by atoms with Crippen LogP contribution in [0.25, 0.3) is 0 Å². The van der Waals surface area contributed by atoms with Crippen LogP contribution in [0.1, 0.15) is 24.0 Å². The molecule has 0 heterocycles. The number of rotatable bonds is 2. The van der Waals surface area contributed by atoms with Gasteiger partial charge in [-0.05, 0) is 31.4 Å². The number of hydrogen-bond acceptors (Lipinski definition) is 1. The van der Waals surface area contributed by atoms with Gasteiger partial charge in [0.1, 0.15) is 5.82 Å². The van der Waals surface area contributed by atoms with Gasteiger partial charge in [0.2, 0.25) is 0 Å². The second kappa shape index (κ2) is 3.30. The third kappa shape index (κ3) is 1.47. The van der Waals surface area contributed by atoms with E-state index in [0.717, 1.165) is 0 Å². The quantitative estimate of drug-likeness (QED) is 0.899. The van der Waals surface area contributed by atoms with Gasteiger partial charge in [0.15, 0.2) is 0 Å². The van der Waals surface area contributed by atoms with Crippen LogP contribution in [-0.4, -0.2) is 11.1 Å². The molecule has 0 aromatic heterocycles. The van der Waals surface area contributed by atoms with Crippen LogP contribution in [0.15, 0.2) is 16.6 Å². The van der Waals surface area contributed by atoms with Crippen LogP contribution in [0, 0.1) is 12.7 Å². The van der Waals surface area contributed by atoms with Crippen molar-refractivity contribution in [2.24, 2.45) is 0 Å². The van der Waals surface area contributed by atoms with Crippen molar-refractivity contribution in [2.45, 2.75) is 25.2 Å². The Kier molecular flexibility index (Phi) is 2.34. The largest absolute Gasteiger partial charge is 0.481 e. The highest BCUT2D eigenvalue weighted by molar-refractivity contribution is 9.10. The Morgan fingerprint density at radius 1 is 1.53 bits per heavy atom. The first-order valence-corrected chi connectivity index (χ1v) is 5.47. The Balaban J connectivity index is 2.55. The number of benzene rings is 1. The molecule has 0 atom stereocenters. The zero-order valence-electron chi connectivity index (χ0n) is 8.18. The molecule has 1 aliphatic carbocycles. The minimum absolute atomic E-state index is 0.315. The topological polar surface area (TPSA) is 37.3 Å². The predicted molar refractivity (Wildman–Crippen MR) is 57.4 cm³/mol. The van der Waals surface area contributed by atoms with Crippen molar-refractivity contribution in [1.82, 2.24) is 0 Å². The smallest absolute Gasteiger partial charge is 0.314 e. The van der Waals surface area contributed by atoms with E-state index in [1.807, 2.05) is 0 Å². The second-order valence-electron chi connectivity index (χ2n) is 3.92. The first kappa shape index (κ1) is 10.6. The van der Waals surface area contributed by atoms with Gasteiger partial charge >= 0.3 is 5.97 Å². The fraction of sp³-hybridized carbons (Fsp3) is 0.364. The highest BCUT2D eigenvalue weighted by Gasteiger charge is 2.53. The number of carbonyl (C=O) groups is 1. The average molecular weight is 273 g/mol. The van der Waals surface area contributed by atoms with E-state index >= 15 is 0 Å². The number of aliphatic carboxylic acids is 1. The minimum Gasteiger partial charge on any atom is -0.481 e. The van der Waals surface area contributed by atoms with Crippen LogP contribution < -0.4 is 0 Å².